The third kappa shape index (κ3) is 20.5. The van der Waals surface area contributed by atoms with Crippen molar-refractivity contribution < 1.29 is 29.0 Å². The number of unbranched alkanes of at least 4 members (excludes halogenated alkanes) is 5. The Morgan fingerprint density at radius 2 is 1.27 bits per heavy atom. The Hall–Kier alpha value is -3.15. The zero-order valence-electron chi connectivity index (χ0n) is 20.2. The fourth-order valence-corrected chi connectivity index (χ4v) is 2.93. The van der Waals surface area contributed by atoms with Crippen molar-refractivity contribution in [3.8, 4) is 11.5 Å². The van der Waals surface area contributed by atoms with Gasteiger partial charge in [-0.25, -0.2) is 0 Å². The first kappa shape index (κ1) is 29.9. The summed E-state index contributed by atoms with van der Waals surface area (Å²) >= 11 is 0. The lowest BCUT2D eigenvalue weighted by Crippen LogP contribution is -2.05. The molecule has 1 aromatic carbocycles. The summed E-state index contributed by atoms with van der Waals surface area (Å²) in [4.78, 5) is 31.4. The summed E-state index contributed by atoms with van der Waals surface area (Å²) in [7, 11) is 0. The highest BCUT2D eigenvalue weighted by Crippen LogP contribution is 2.25. The smallest absolute Gasteiger partial charge is 0.308 e. The highest BCUT2D eigenvalue weighted by atomic mass is 16.5. The molecule has 0 saturated heterocycles. The molecular formula is C27H38O6. The van der Waals surface area contributed by atoms with Gasteiger partial charge in [0.1, 0.15) is 11.5 Å². The third-order valence-electron chi connectivity index (χ3n) is 4.21. The van der Waals surface area contributed by atoms with E-state index in [0.717, 1.165) is 51.0 Å². The van der Waals surface area contributed by atoms with Crippen LogP contribution >= 0.6 is 0 Å². The van der Waals surface area contributed by atoms with E-state index in [4.69, 9.17) is 19.4 Å². The van der Waals surface area contributed by atoms with Crippen LogP contribution in [0.25, 0.3) is 0 Å². The van der Waals surface area contributed by atoms with Gasteiger partial charge < -0.3 is 14.6 Å². The molecule has 33 heavy (non-hydrogen) atoms. The minimum atomic E-state index is -0.833. The van der Waals surface area contributed by atoms with E-state index in [1.54, 1.807) is 6.07 Å². The fraction of sp³-hybridized carbons (Fsp3) is 0.444. The molecule has 0 heterocycles. The van der Waals surface area contributed by atoms with Gasteiger partial charge in [-0.05, 0) is 56.2 Å². The lowest BCUT2D eigenvalue weighted by Gasteiger charge is -2.09. The molecule has 1 rings (SSSR count). The average Bonchev–Trinajstić information content (AvgIpc) is 2.70. The van der Waals surface area contributed by atoms with E-state index < -0.39 is 17.9 Å². The highest BCUT2D eigenvalue weighted by Gasteiger charge is 2.07. The van der Waals surface area contributed by atoms with Crippen molar-refractivity contribution in [1.29, 1.82) is 0 Å². The SMILES string of the molecule is C=CC/C=C\C/C=C\CCCCCCCc1cc(OC(C)=O)cc(OC(C)=O)c1.CC(=O)O. The number of carboxylic acids is 1. The second-order valence-electron chi connectivity index (χ2n) is 7.53. The minimum Gasteiger partial charge on any atom is -0.481 e. The number of carbonyl (C=O) groups is 3. The molecule has 0 aliphatic heterocycles. The van der Waals surface area contributed by atoms with Gasteiger partial charge in [0.15, 0.2) is 0 Å². The second kappa shape index (κ2) is 19.5. The number of esters is 2. The van der Waals surface area contributed by atoms with Gasteiger partial charge in [0, 0.05) is 26.8 Å². The van der Waals surface area contributed by atoms with Crippen molar-refractivity contribution in [3.05, 3.63) is 60.7 Å². The van der Waals surface area contributed by atoms with E-state index in [0.29, 0.717) is 11.5 Å². The number of hydrogen-bond donors (Lipinski definition) is 1. The molecule has 6 nitrogen and oxygen atoms in total. The minimum absolute atomic E-state index is 0.391. The Balaban J connectivity index is 0.00000235. The molecule has 0 radical (unpaired) electrons. The van der Waals surface area contributed by atoms with Crippen LogP contribution in [-0.4, -0.2) is 23.0 Å². The van der Waals surface area contributed by atoms with Gasteiger partial charge in [0.25, 0.3) is 5.97 Å². The number of carboxylic acid groups (broad SMARTS) is 1. The molecule has 0 fully saturated rings. The fourth-order valence-electron chi connectivity index (χ4n) is 2.93. The maximum absolute atomic E-state index is 11.2. The zero-order valence-corrected chi connectivity index (χ0v) is 20.2. The standard InChI is InChI=1S/C25H34O4.C2H4O2/c1-4-5-6-7-8-9-10-11-12-13-14-15-16-17-23-18-24(28-21(2)26)20-25(19-23)29-22(3)27;1-2(3)4/h4,6-7,9-10,18-20H,1,5,8,11-17H2,2-3H3;1H3,(H,3,4)/b7-6-,10-9-;. The van der Waals surface area contributed by atoms with Gasteiger partial charge >= 0.3 is 11.9 Å². The van der Waals surface area contributed by atoms with Crippen molar-refractivity contribution in [2.45, 2.75) is 78.6 Å². The van der Waals surface area contributed by atoms with E-state index in [1.165, 1.54) is 33.1 Å². The first-order valence-corrected chi connectivity index (χ1v) is 11.4. The van der Waals surface area contributed by atoms with Crippen LogP contribution in [0.3, 0.4) is 0 Å². The van der Waals surface area contributed by atoms with Crippen LogP contribution in [0.1, 0.15) is 77.7 Å². The molecule has 1 aromatic rings. The first-order chi connectivity index (χ1) is 15.7. The van der Waals surface area contributed by atoms with Gasteiger partial charge in [-0.1, -0.05) is 49.6 Å². The molecule has 182 valence electrons. The number of carbonyl (C=O) groups excluding carboxylic acids is 2. The van der Waals surface area contributed by atoms with Crippen LogP contribution in [0.5, 0.6) is 11.5 Å². The monoisotopic (exact) mass is 458 g/mol. The maximum atomic E-state index is 11.2. The molecule has 0 atom stereocenters. The summed E-state index contributed by atoms with van der Waals surface area (Å²) in [6.07, 6.45) is 20.4. The van der Waals surface area contributed by atoms with Crippen molar-refractivity contribution in [1.82, 2.24) is 0 Å². The second-order valence-corrected chi connectivity index (χ2v) is 7.53. The maximum Gasteiger partial charge on any atom is 0.308 e. The van der Waals surface area contributed by atoms with E-state index >= 15 is 0 Å². The van der Waals surface area contributed by atoms with Crippen molar-refractivity contribution in [3.63, 3.8) is 0 Å². The lowest BCUT2D eigenvalue weighted by atomic mass is 10.0. The molecule has 0 amide bonds. The molecule has 6 heteroatoms. The number of benzene rings is 1. The molecule has 0 aromatic heterocycles. The van der Waals surface area contributed by atoms with Crippen molar-refractivity contribution in [2.24, 2.45) is 0 Å². The van der Waals surface area contributed by atoms with Crippen LogP contribution < -0.4 is 9.47 Å². The van der Waals surface area contributed by atoms with E-state index in [9.17, 15) is 9.59 Å². The third-order valence-corrected chi connectivity index (χ3v) is 4.21. The Morgan fingerprint density at radius 1 is 0.788 bits per heavy atom. The van der Waals surface area contributed by atoms with E-state index in [2.05, 4.69) is 30.9 Å². The number of hydrogen-bond acceptors (Lipinski definition) is 5. The lowest BCUT2D eigenvalue weighted by molar-refractivity contribution is -0.135. The number of ether oxygens (including phenoxy) is 2. The van der Waals surface area contributed by atoms with Gasteiger partial charge in [0.2, 0.25) is 0 Å². The van der Waals surface area contributed by atoms with Crippen LogP contribution in [0.15, 0.2) is 55.2 Å². The predicted octanol–water partition coefficient (Wildman–Crippen LogP) is 6.59. The number of rotatable bonds is 14. The van der Waals surface area contributed by atoms with Gasteiger partial charge in [0.05, 0.1) is 0 Å². The average molecular weight is 459 g/mol. The molecule has 0 aliphatic rings. The number of allylic oxidation sites excluding steroid dienone is 5. The van der Waals surface area contributed by atoms with Gasteiger partial charge in [-0.3, -0.25) is 14.4 Å². The van der Waals surface area contributed by atoms with Crippen LogP contribution in [0.4, 0.5) is 0 Å². The molecule has 0 bridgehead atoms. The summed E-state index contributed by atoms with van der Waals surface area (Å²) in [5, 5.41) is 7.42. The Labute approximate surface area is 198 Å². The summed E-state index contributed by atoms with van der Waals surface area (Å²) in [5.41, 5.74) is 1.01. The highest BCUT2D eigenvalue weighted by molar-refractivity contribution is 5.71. The van der Waals surface area contributed by atoms with Crippen molar-refractivity contribution in [2.75, 3.05) is 0 Å². The number of aryl methyl sites for hydroxylation is 1. The Bertz CT molecular complexity index is 754. The molecule has 0 spiro atoms. The van der Waals surface area contributed by atoms with Gasteiger partial charge in [-0.15, -0.1) is 6.58 Å². The predicted molar refractivity (Wildman–Crippen MR) is 131 cm³/mol. The topological polar surface area (TPSA) is 89.9 Å². The zero-order chi connectivity index (χ0) is 24.9. The van der Waals surface area contributed by atoms with E-state index in [1.807, 2.05) is 18.2 Å². The van der Waals surface area contributed by atoms with E-state index in [-0.39, 0.29) is 0 Å². The Morgan fingerprint density at radius 3 is 1.82 bits per heavy atom. The largest absolute Gasteiger partial charge is 0.481 e. The first-order valence-electron chi connectivity index (χ1n) is 11.4. The molecule has 0 saturated carbocycles. The summed E-state index contributed by atoms with van der Waals surface area (Å²) in [6.45, 7) is 7.48. The summed E-state index contributed by atoms with van der Waals surface area (Å²) in [6, 6.07) is 5.24. The van der Waals surface area contributed by atoms with Crippen LogP contribution in [-0.2, 0) is 20.8 Å². The van der Waals surface area contributed by atoms with Crippen LogP contribution in [0, 0.1) is 0 Å². The van der Waals surface area contributed by atoms with Crippen LogP contribution in [0.2, 0.25) is 0 Å². The molecular weight excluding hydrogens is 420 g/mol. The summed E-state index contributed by atoms with van der Waals surface area (Å²) in [5.74, 6) is -0.787. The molecule has 0 unspecified atom stereocenters. The summed E-state index contributed by atoms with van der Waals surface area (Å²) < 4.78 is 10.3. The van der Waals surface area contributed by atoms with Gasteiger partial charge in [-0.2, -0.15) is 0 Å². The van der Waals surface area contributed by atoms with Crippen molar-refractivity contribution >= 4 is 17.9 Å². The Kier molecular flexibility index (Phi) is 17.7. The normalized spacial score (nSPS) is 10.5. The molecule has 1 N–H and O–H groups in total. The quantitative estimate of drug-likeness (QED) is 0.146. The number of aliphatic carboxylic acids is 1. The molecule has 0 aliphatic carbocycles.